The number of ether oxygens (including phenoxy) is 3. The highest BCUT2D eigenvalue weighted by Crippen LogP contribution is 2.23. The van der Waals surface area contributed by atoms with Gasteiger partial charge in [-0.15, -0.1) is 11.3 Å². The first kappa shape index (κ1) is 13.6. The molecule has 0 unspecified atom stereocenters. The Morgan fingerprint density at radius 2 is 2.14 bits per heavy atom. The summed E-state index contributed by atoms with van der Waals surface area (Å²) < 4.78 is 15.3. The van der Waals surface area contributed by atoms with Gasteiger partial charge in [-0.25, -0.2) is 9.78 Å². The van der Waals surface area contributed by atoms with Crippen LogP contribution in [-0.2, 0) is 25.6 Å². The summed E-state index contributed by atoms with van der Waals surface area (Å²) in [6, 6.07) is 9.87. The van der Waals surface area contributed by atoms with E-state index in [-0.39, 0.29) is 12.4 Å². The van der Waals surface area contributed by atoms with Crippen LogP contribution in [0, 0.1) is 0 Å². The molecule has 1 aromatic heterocycles. The molecule has 21 heavy (non-hydrogen) atoms. The molecule has 1 aliphatic heterocycles. The predicted octanol–water partition coefficient (Wildman–Crippen LogP) is 2.74. The number of hydrogen-bond donors (Lipinski definition) is 0. The van der Waals surface area contributed by atoms with Crippen molar-refractivity contribution in [3.05, 3.63) is 53.4 Å². The molecule has 2 aromatic rings. The summed E-state index contributed by atoms with van der Waals surface area (Å²) in [5, 5.41) is 2.78. The summed E-state index contributed by atoms with van der Waals surface area (Å²) in [4.78, 5) is 16.2. The first-order valence-corrected chi connectivity index (χ1v) is 7.32. The third-order valence-corrected chi connectivity index (χ3v) is 3.71. The average Bonchev–Trinajstić information content (AvgIpc) is 3.03. The Bertz CT molecular complexity index is 651. The molecule has 108 valence electrons. The van der Waals surface area contributed by atoms with Gasteiger partial charge in [-0.3, -0.25) is 0 Å². The van der Waals surface area contributed by atoms with Gasteiger partial charge in [0.05, 0.1) is 5.69 Å². The SMILES string of the molecule is O=C(OCc1csc(-c2ccccc2)n1)C1=COCCO1. The molecule has 5 nitrogen and oxygen atoms in total. The average molecular weight is 303 g/mol. The van der Waals surface area contributed by atoms with Gasteiger partial charge in [-0.2, -0.15) is 0 Å². The quantitative estimate of drug-likeness (QED) is 0.813. The van der Waals surface area contributed by atoms with E-state index in [1.54, 1.807) is 0 Å². The highest BCUT2D eigenvalue weighted by atomic mass is 32.1. The molecule has 1 aromatic carbocycles. The fourth-order valence-electron chi connectivity index (χ4n) is 1.77. The molecule has 0 saturated carbocycles. The molecule has 0 saturated heterocycles. The number of benzene rings is 1. The minimum Gasteiger partial charge on any atom is -0.493 e. The smallest absolute Gasteiger partial charge is 0.377 e. The fourth-order valence-corrected chi connectivity index (χ4v) is 2.58. The molecule has 6 heteroatoms. The highest BCUT2D eigenvalue weighted by Gasteiger charge is 2.17. The second kappa shape index (κ2) is 6.41. The van der Waals surface area contributed by atoms with Crippen molar-refractivity contribution in [1.29, 1.82) is 0 Å². The Balaban J connectivity index is 1.60. The number of thiazole rings is 1. The number of carbonyl (C=O) groups excluding carboxylic acids is 1. The molecule has 0 amide bonds. The molecule has 1 aliphatic rings. The zero-order chi connectivity index (χ0) is 14.5. The maximum atomic E-state index is 11.7. The highest BCUT2D eigenvalue weighted by molar-refractivity contribution is 7.13. The lowest BCUT2D eigenvalue weighted by Crippen LogP contribution is -2.17. The normalized spacial score (nSPS) is 13.8. The third kappa shape index (κ3) is 3.41. The number of rotatable bonds is 4. The zero-order valence-corrected chi connectivity index (χ0v) is 12.0. The van der Waals surface area contributed by atoms with E-state index in [4.69, 9.17) is 14.2 Å². The van der Waals surface area contributed by atoms with Crippen LogP contribution in [0.2, 0.25) is 0 Å². The monoisotopic (exact) mass is 303 g/mol. The largest absolute Gasteiger partial charge is 0.493 e. The van der Waals surface area contributed by atoms with Crippen LogP contribution in [0.3, 0.4) is 0 Å². The molecular formula is C15H13NO4S. The van der Waals surface area contributed by atoms with E-state index < -0.39 is 5.97 Å². The maximum absolute atomic E-state index is 11.7. The van der Waals surface area contributed by atoms with Crippen LogP contribution in [0.4, 0.5) is 0 Å². The molecule has 0 spiro atoms. The molecule has 0 aliphatic carbocycles. The van der Waals surface area contributed by atoms with E-state index >= 15 is 0 Å². The van der Waals surface area contributed by atoms with Gasteiger partial charge in [0.1, 0.15) is 31.1 Å². The van der Waals surface area contributed by atoms with Gasteiger partial charge < -0.3 is 14.2 Å². The van der Waals surface area contributed by atoms with Gasteiger partial charge >= 0.3 is 5.97 Å². The Kier molecular flexibility index (Phi) is 4.16. The topological polar surface area (TPSA) is 57.7 Å². The van der Waals surface area contributed by atoms with Gasteiger partial charge in [0.15, 0.2) is 0 Å². The number of carbonyl (C=O) groups is 1. The zero-order valence-electron chi connectivity index (χ0n) is 11.2. The number of esters is 1. The van der Waals surface area contributed by atoms with Crippen LogP contribution in [-0.4, -0.2) is 24.2 Å². The van der Waals surface area contributed by atoms with Crippen molar-refractivity contribution in [1.82, 2.24) is 4.98 Å². The lowest BCUT2D eigenvalue weighted by atomic mass is 10.2. The van der Waals surface area contributed by atoms with Crippen LogP contribution in [0.15, 0.2) is 47.7 Å². The minimum atomic E-state index is -0.538. The van der Waals surface area contributed by atoms with Crippen LogP contribution >= 0.6 is 11.3 Å². The van der Waals surface area contributed by atoms with E-state index in [1.165, 1.54) is 17.6 Å². The van der Waals surface area contributed by atoms with Gasteiger partial charge in [-0.1, -0.05) is 30.3 Å². The molecule has 3 rings (SSSR count). The maximum Gasteiger partial charge on any atom is 0.377 e. The van der Waals surface area contributed by atoms with E-state index in [2.05, 4.69) is 4.98 Å². The van der Waals surface area contributed by atoms with Crippen molar-refractivity contribution in [2.45, 2.75) is 6.61 Å². The number of nitrogens with zero attached hydrogens (tertiary/aromatic N) is 1. The predicted molar refractivity (Wildman–Crippen MR) is 77.3 cm³/mol. The van der Waals surface area contributed by atoms with Crippen LogP contribution < -0.4 is 0 Å². The summed E-state index contributed by atoms with van der Waals surface area (Å²) in [6.45, 7) is 0.919. The van der Waals surface area contributed by atoms with Crippen molar-refractivity contribution in [2.75, 3.05) is 13.2 Å². The molecule has 0 atom stereocenters. The van der Waals surface area contributed by atoms with Gasteiger partial charge in [0, 0.05) is 10.9 Å². The van der Waals surface area contributed by atoms with Crippen LogP contribution in [0.1, 0.15) is 5.69 Å². The van der Waals surface area contributed by atoms with E-state index in [9.17, 15) is 4.79 Å². The first-order chi connectivity index (χ1) is 10.3. The van der Waals surface area contributed by atoms with Crippen LogP contribution in [0.5, 0.6) is 0 Å². The van der Waals surface area contributed by atoms with Crippen molar-refractivity contribution in [2.24, 2.45) is 0 Å². The fraction of sp³-hybridized carbons (Fsp3) is 0.200. The standard InChI is InChI=1S/C15H13NO4S/c17-15(13-9-18-6-7-19-13)20-8-12-10-21-14(16-12)11-4-2-1-3-5-11/h1-5,9-10H,6-8H2. The Morgan fingerprint density at radius 1 is 1.29 bits per heavy atom. The minimum absolute atomic E-state index is 0.0970. The molecule has 0 bridgehead atoms. The third-order valence-electron chi connectivity index (χ3n) is 2.77. The van der Waals surface area contributed by atoms with Gasteiger partial charge in [0.2, 0.25) is 5.76 Å². The summed E-state index contributed by atoms with van der Waals surface area (Å²) in [6.07, 6.45) is 1.28. The first-order valence-electron chi connectivity index (χ1n) is 6.44. The van der Waals surface area contributed by atoms with E-state index in [0.717, 1.165) is 10.6 Å². The Morgan fingerprint density at radius 3 is 2.90 bits per heavy atom. The molecule has 0 N–H and O–H groups in total. The van der Waals surface area contributed by atoms with Gasteiger partial charge in [-0.05, 0) is 0 Å². The summed E-state index contributed by atoms with van der Waals surface area (Å²) in [5.74, 6) is -0.441. The van der Waals surface area contributed by atoms with E-state index in [1.807, 2.05) is 35.7 Å². The summed E-state index contributed by atoms with van der Waals surface area (Å²) in [7, 11) is 0. The summed E-state index contributed by atoms with van der Waals surface area (Å²) >= 11 is 1.52. The van der Waals surface area contributed by atoms with E-state index in [0.29, 0.717) is 18.9 Å². The number of aromatic nitrogens is 1. The second-order valence-corrected chi connectivity index (χ2v) is 5.15. The Labute approximate surface area is 125 Å². The second-order valence-electron chi connectivity index (χ2n) is 4.29. The van der Waals surface area contributed by atoms with Crippen LogP contribution in [0.25, 0.3) is 10.6 Å². The molecule has 2 heterocycles. The lowest BCUT2D eigenvalue weighted by molar-refractivity contribution is -0.146. The summed E-state index contributed by atoms with van der Waals surface area (Å²) in [5.41, 5.74) is 1.76. The van der Waals surface area contributed by atoms with Crippen molar-refractivity contribution in [3.8, 4) is 10.6 Å². The Hall–Kier alpha value is -2.34. The molecule has 0 fully saturated rings. The van der Waals surface area contributed by atoms with Gasteiger partial charge in [0.25, 0.3) is 0 Å². The van der Waals surface area contributed by atoms with Crippen molar-refractivity contribution >= 4 is 17.3 Å². The molecule has 0 radical (unpaired) electrons. The lowest BCUT2D eigenvalue weighted by Gasteiger charge is -2.13. The number of hydrogen-bond acceptors (Lipinski definition) is 6. The van der Waals surface area contributed by atoms with Crippen molar-refractivity contribution in [3.63, 3.8) is 0 Å². The molecular weight excluding hydrogens is 290 g/mol. The van der Waals surface area contributed by atoms with Crippen molar-refractivity contribution < 1.29 is 19.0 Å².